The third-order valence-electron chi connectivity index (χ3n) is 2.25. The average molecular weight is 206 g/mol. The predicted molar refractivity (Wildman–Crippen MR) is 58.8 cm³/mol. The lowest BCUT2D eigenvalue weighted by Gasteiger charge is -2.10. The van der Waals surface area contributed by atoms with E-state index in [9.17, 15) is 9.50 Å². The Balaban J connectivity index is 2.65. The molecule has 0 aliphatic heterocycles. The summed E-state index contributed by atoms with van der Waals surface area (Å²) in [6.07, 6.45) is 6.47. The number of hydrogen-bond donors (Lipinski definition) is 1. The quantitative estimate of drug-likeness (QED) is 0.593. The van der Waals surface area contributed by atoms with Gasteiger partial charge in [0.15, 0.2) is 0 Å². The Morgan fingerprint density at radius 1 is 1.47 bits per heavy atom. The van der Waals surface area contributed by atoms with Gasteiger partial charge in [-0.05, 0) is 43.0 Å². The van der Waals surface area contributed by atoms with Crippen molar-refractivity contribution in [3.8, 4) is 12.3 Å². The Morgan fingerprint density at radius 3 is 2.80 bits per heavy atom. The van der Waals surface area contributed by atoms with Crippen molar-refractivity contribution in [2.75, 3.05) is 0 Å². The molecule has 0 aliphatic carbocycles. The fourth-order valence-electron chi connectivity index (χ4n) is 1.52. The number of unbranched alkanes of at least 4 members (excludes halogenated alkanes) is 1. The Labute approximate surface area is 89.9 Å². The van der Waals surface area contributed by atoms with Crippen LogP contribution in [-0.2, 0) is 0 Å². The molecule has 0 radical (unpaired) electrons. The predicted octanol–water partition coefficient (Wildman–Crippen LogP) is 2.97. The normalized spacial score (nSPS) is 12.1. The summed E-state index contributed by atoms with van der Waals surface area (Å²) in [7, 11) is 0. The monoisotopic (exact) mass is 206 g/mol. The molecule has 0 fully saturated rings. The molecular weight excluding hydrogens is 191 g/mol. The number of aryl methyl sites for hydroxylation is 1. The highest BCUT2D eigenvalue weighted by atomic mass is 19.1. The highest BCUT2D eigenvalue weighted by molar-refractivity contribution is 5.25. The van der Waals surface area contributed by atoms with Crippen LogP contribution in [0, 0.1) is 25.1 Å². The molecule has 80 valence electrons. The van der Waals surface area contributed by atoms with Gasteiger partial charge in [0.2, 0.25) is 0 Å². The minimum absolute atomic E-state index is 0.305. The molecule has 0 amide bonds. The summed E-state index contributed by atoms with van der Waals surface area (Å²) in [6.45, 7) is 1.81. The molecule has 1 aromatic carbocycles. The summed E-state index contributed by atoms with van der Waals surface area (Å²) >= 11 is 0. The van der Waals surface area contributed by atoms with Crippen LogP contribution in [0.5, 0.6) is 0 Å². The van der Waals surface area contributed by atoms with E-state index in [2.05, 4.69) is 5.92 Å². The first-order valence-corrected chi connectivity index (χ1v) is 5.02. The molecular formula is C13H15FO. The van der Waals surface area contributed by atoms with Crippen molar-refractivity contribution in [2.24, 2.45) is 0 Å². The molecule has 0 saturated carbocycles. The Kier molecular flexibility index (Phi) is 4.33. The average Bonchev–Trinajstić information content (AvgIpc) is 2.16. The molecule has 0 heterocycles. The van der Waals surface area contributed by atoms with Crippen molar-refractivity contribution < 1.29 is 9.50 Å². The van der Waals surface area contributed by atoms with Gasteiger partial charge in [-0.3, -0.25) is 0 Å². The molecule has 2 heteroatoms. The zero-order chi connectivity index (χ0) is 11.3. The van der Waals surface area contributed by atoms with Gasteiger partial charge in [-0.15, -0.1) is 12.3 Å². The second-order valence-electron chi connectivity index (χ2n) is 3.67. The SMILES string of the molecule is C#CCCCC(O)c1cc(C)cc(F)c1. The molecule has 0 aliphatic rings. The van der Waals surface area contributed by atoms with E-state index in [-0.39, 0.29) is 5.82 Å². The van der Waals surface area contributed by atoms with E-state index in [0.29, 0.717) is 18.4 Å². The second-order valence-corrected chi connectivity index (χ2v) is 3.67. The summed E-state index contributed by atoms with van der Waals surface area (Å²) in [6, 6.07) is 4.61. The number of halogens is 1. The van der Waals surface area contributed by atoms with Crippen LogP contribution in [0.2, 0.25) is 0 Å². The molecule has 1 rings (SSSR count). The van der Waals surface area contributed by atoms with E-state index < -0.39 is 6.10 Å². The minimum Gasteiger partial charge on any atom is -0.388 e. The van der Waals surface area contributed by atoms with E-state index in [4.69, 9.17) is 6.42 Å². The van der Waals surface area contributed by atoms with Gasteiger partial charge in [0.25, 0.3) is 0 Å². The van der Waals surface area contributed by atoms with Gasteiger partial charge in [-0.2, -0.15) is 0 Å². The molecule has 1 aromatic rings. The van der Waals surface area contributed by atoms with E-state index >= 15 is 0 Å². The number of aliphatic hydroxyl groups excluding tert-OH is 1. The number of benzene rings is 1. The van der Waals surface area contributed by atoms with E-state index in [1.165, 1.54) is 12.1 Å². The fraction of sp³-hybridized carbons (Fsp3) is 0.385. The van der Waals surface area contributed by atoms with Gasteiger partial charge in [0.1, 0.15) is 5.82 Å². The highest BCUT2D eigenvalue weighted by Crippen LogP contribution is 2.21. The third kappa shape index (κ3) is 3.73. The van der Waals surface area contributed by atoms with E-state index in [0.717, 1.165) is 12.0 Å². The first kappa shape index (κ1) is 11.7. The van der Waals surface area contributed by atoms with Crippen molar-refractivity contribution >= 4 is 0 Å². The lowest BCUT2D eigenvalue weighted by Crippen LogP contribution is -1.98. The van der Waals surface area contributed by atoms with Crippen LogP contribution < -0.4 is 0 Å². The maximum Gasteiger partial charge on any atom is 0.123 e. The fourth-order valence-corrected chi connectivity index (χ4v) is 1.52. The van der Waals surface area contributed by atoms with Crippen molar-refractivity contribution in [3.05, 3.63) is 35.1 Å². The van der Waals surface area contributed by atoms with Crippen LogP contribution in [0.25, 0.3) is 0 Å². The summed E-state index contributed by atoms with van der Waals surface area (Å²) in [5.41, 5.74) is 1.45. The van der Waals surface area contributed by atoms with Gasteiger partial charge in [-0.1, -0.05) is 6.07 Å². The van der Waals surface area contributed by atoms with Crippen molar-refractivity contribution in [2.45, 2.75) is 32.3 Å². The van der Waals surface area contributed by atoms with E-state index in [1.54, 1.807) is 13.0 Å². The van der Waals surface area contributed by atoms with Gasteiger partial charge < -0.3 is 5.11 Å². The van der Waals surface area contributed by atoms with Crippen LogP contribution in [0.1, 0.15) is 36.5 Å². The lowest BCUT2D eigenvalue weighted by atomic mass is 10.0. The zero-order valence-electron chi connectivity index (χ0n) is 8.83. The second kappa shape index (κ2) is 5.53. The Bertz CT molecular complexity index is 345. The molecule has 1 N–H and O–H groups in total. The van der Waals surface area contributed by atoms with Crippen LogP contribution in [-0.4, -0.2) is 5.11 Å². The van der Waals surface area contributed by atoms with Crippen LogP contribution in [0.4, 0.5) is 4.39 Å². The number of aliphatic hydroxyl groups is 1. The molecule has 1 nitrogen and oxygen atoms in total. The van der Waals surface area contributed by atoms with Crippen LogP contribution in [0.15, 0.2) is 18.2 Å². The molecule has 0 bridgehead atoms. The number of rotatable bonds is 4. The van der Waals surface area contributed by atoms with Gasteiger partial charge in [0.05, 0.1) is 6.10 Å². The number of terminal acetylenes is 1. The Morgan fingerprint density at radius 2 is 2.20 bits per heavy atom. The summed E-state index contributed by atoms with van der Waals surface area (Å²) < 4.78 is 13.0. The summed E-state index contributed by atoms with van der Waals surface area (Å²) in [5.74, 6) is 2.21. The van der Waals surface area contributed by atoms with Crippen LogP contribution in [0.3, 0.4) is 0 Å². The third-order valence-corrected chi connectivity index (χ3v) is 2.25. The highest BCUT2D eigenvalue weighted by Gasteiger charge is 2.08. The lowest BCUT2D eigenvalue weighted by molar-refractivity contribution is 0.164. The topological polar surface area (TPSA) is 20.2 Å². The standard InChI is InChI=1S/C13H15FO/c1-3-4-5-6-13(15)11-7-10(2)8-12(14)9-11/h1,7-9,13,15H,4-6H2,2H3. The maximum absolute atomic E-state index is 13.0. The number of hydrogen-bond acceptors (Lipinski definition) is 1. The van der Waals surface area contributed by atoms with Gasteiger partial charge in [0, 0.05) is 6.42 Å². The van der Waals surface area contributed by atoms with Crippen molar-refractivity contribution in [1.82, 2.24) is 0 Å². The Hall–Kier alpha value is -1.33. The molecule has 0 spiro atoms. The summed E-state index contributed by atoms with van der Waals surface area (Å²) in [5, 5.41) is 9.76. The minimum atomic E-state index is -0.618. The molecule has 0 saturated heterocycles. The van der Waals surface area contributed by atoms with Gasteiger partial charge >= 0.3 is 0 Å². The molecule has 1 atom stereocenters. The largest absolute Gasteiger partial charge is 0.388 e. The van der Waals surface area contributed by atoms with Crippen molar-refractivity contribution in [3.63, 3.8) is 0 Å². The van der Waals surface area contributed by atoms with E-state index in [1.807, 2.05) is 0 Å². The maximum atomic E-state index is 13.0. The molecule has 0 aromatic heterocycles. The first-order valence-electron chi connectivity index (χ1n) is 5.02. The van der Waals surface area contributed by atoms with Gasteiger partial charge in [-0.25, -0.2) is 4.39 Å². The molecule has 1 unspecified atom stereocenters. The summed E-state index contributed by atoms with van der Waals surface area (Å²) in [4.78, 5) is 0. The molecule has 15 heavy (non-hydrogen) atoms. The zero-order valence-corrected chi connectivity index (χ0v) is 8.83. The van der Waals surface area contributed by atoms with Crippen molar-refractivity contribution in [1.29, 1.82) is 0 Å². The first-order chi connectivity index (χ1) is 7.13. The van der Waals surface area contributed by atoms with Crippen LogP contribution >= 0.6 is 0 Å². The smallest absolute Gasteiger partial charge is 0.123 e.